The number of fused-ring (bicyclic) bond motifs is 1. The van der Waals surface area contributed by atoms with Gasteiger partial charge in [-0.3, -0.25) is 9.79 Å². The summed E-state index contributed by atoms with van der Waals surface area (Å²) in [7, 11) is -4.10. The Morgan fingerprint density at radius 1 is 1.33 bits per heavy atom. The molecule has 1 aromatic heterocycles. The van der Waals surface area contributed by atoms with Gasteiger partial charge in [-0.05, 0) is 18.9 Å². The Hall–Kier alpha value is -2.59. The number of nitrogens with one attached hydrogen (secondary N) is 1. The van der Waals surface area contributed by atoms with Crippen molar-refractivity contribution in [2.24, 2.45) is 16.5 Å². The predicted octanol–water partition coefficient (Wildman–Crippen LogP) is 0.218. The highest BCUT2D eigenvalue weighted by molar-refractivity contribution is 7.89. The normalized spacial score (nSPS) is 12.8. The standard InChI is InChI=1S/C14H18N4O5S/c15-14(16)17-7-3-5-10(13(19)20)18-24(21,22)12-8-9-4-1-2-6-11(9)23-12/h1-2,4,6,8,10,18H,3,5,7H2,(H,19,20)(H4,15,16,17)/t10-/m0/s1. The Kier molecular flexibility index (Phi) is 5.42. The highest BCUT2D eigenvalue weighted by Crippen LogP contribution is 2.22. The van der Waals surface area contributed by atoms with E-state index in [1.54, 1.807) is 24.3 Å². The third-order valence-corrected chi connectivity index (χ3v) is 4.53. The van der Waals surface area contributed by atoms with E-state index in [0.717, 1.165) is 0 Å². The molecule has 2 aromatic rings. The van der Waals surface area contributed by atoms with Crippen LogP contribution in [-0.4, -0.2) is 38.0 Å². The summed E-state index contributed by atoms with van der Waals surface area (Å²) in [6.45, 7) is 0.207. The average Bonchev–Trinajstić information content (AvgIpc) is 2.94. The molecule has 0 bridgehead atoms. The van der Waals surface area contributed by atoms with Crippen LogP contribution in [0.4, 0.5) is 0 Å². The molecule has 0 saturated heterocycles. The molecule has 0 aliphatic carbocycles. The molecular formula is C14H18N4O5S. The maximum absolute atomic E-state index is 12.3. The Balaban J connectivity index is 2.11. The SMILES string of the molecule is NC(N)=NCCC[C@H](NS(=O)(=O)c1cc2ccccc2o1)C(=O)O. The van der Waals surface area contributed by atoms with Crippen LogP contribution in [0.5, 0.6) is 0 Å². The lowest BCUT2D eigenvalue weighted by atomic mass is 10.2. The van der Waals surface area contributed by atoms with Gasteiger partial charge in [-0.2, -0.15) is 4.72 Å². The first-order valence-corrected chi connectivity index (χ1v) is 8.57. The number of benzene rings is 1. The van der Waals surface area contributed by atoms with Crippen LogP contribution >= 0.6 is 0 Å². The van der Waals surface area contributed by atoms with E-state index in [1.165, 1.54) is 6.07 Å². The van der Waals surface area contributed by atoms with E-state index in [1.807, 2.05) is 0 Å². The first kappa shape index (κ1) is 17.8. The number of hydrogen-bond acceptors (Lipinski definition) is 5. The first-order valence-electron chi connectivity index (χ1n) is 7.09. The van der Waals surface area contributed by atoms with Crippen LogP contribution in [0, 0.1) is 0 Å². The number of carboxylic acids is 1. The van der Waals surface area contributed by atoms with E-state index < -0.39 is 22.0 Å². The maximum atomic E-state index is 12.3. The number of carbonyl (C=O) groups is 1. The van der Waals surface area contributed by atoms with Crippen molar-refractivity contribution in [3.8, 4) is 0 Å². The van der Waals surface area contributed by atoms with E-state index in [2.05, 4.69) is 9.71 Å². The fourth-order valence-corrected chi connectivity index (χ4v) is 3.26. The van der Waals surface area contributed by atoms with Crippen LogP contribution in [0.3, 0.4) is 0 Å². The summed E-state index contributed by atoms with van der Waals surface area (Å²) in [6.07, 6.45) is 0.336. The summed E-state index contributed by atoms with van der Waals surface area (Å²) in [5.74, 6) is -1.40. The molecule has 2 rings (SSSR count). The van der Waals surface area contributed by atoms with Crippen molar-refractivity contribution in [3.05, 3.63) is 30.3 Å². The number of aliphatic carboxylic acids is 1. The third kappa shape index (κ3) is 4.46. The zero-order valence-electron chi connectivity index (χ0n) is 12.7. The summed E-state index contributed by atoms with van der Waals surface area (Å²) in [4.78, 5) is 15.0. The smallest absolute Gasteiger partial charge is 0.321 e. The van der Waals surface area contributed by atoms with Crippen molar-refractivity contribution in [2.45, 2.75) is 24.0 Å². The van der Waals surface area contributed by atoms with Crippen LogP contribution in [0.1, 0.15) is 12.8 Å². The molecule has 6 N–H and O–H groups in total. The zero-order chi connectivity index (χ0) is 17.7. The number of nitrogens with zero attached hydrogens (tertiary/aromatic N) is 1. The van der Waals surface area contributed by atoms with E-state index in [9.17, 15) is 18.3 Å². The molecule has 0 spiro atoms. The van der Waals surface area contributed by atoms with Gasteiger partial charge in [-0.25, -0.2) is 8.42 Å². The van der Waals surface area contributed by atoms with Gasteiger partial charge in [0.1, 0.15) is 11.6 Å². The second-order valence-corrected chi connectivity index (χ2v) is 6.71. The highest BCUT2D eigenvalue weighted by Gasteiger charge is 2.27. The number of sulfonamides is 1. The highest BCUT2D eigenvalue weighted by atomic mass is 32.2. The molecule has 0 amide bonds. The fraction of sp³-hybridized carbons (Fsp3) is 0.286. The molecule has 10 heteroatoms. The molecule has 0 aliphatic rings. The van der Waals surface area contributed by atoms with Gasteiger partial charge in [0.2, 0.25) is 5.09 Å². The number of hydrogen-bond donors (Lipinski definition) is 4. The van der Waals surface area contributed by atoms with Gasteiger partial charge in [0, 0.05) is 18.0 Å². The maximum Gasteiger partial charge on any atom is 0.321 e. The number of nitrogens with two attached hydrogens (primary N) is 2. The first-order chi connectivity index (χ1) is 11.3. The molecule has 24 heavy (non-hydrogen) atoms. The summed E-state index contributed by atoms with van der Waals surface area (Å²) in [6, 6.07) is 6.80. The van der Waals surface area contributed by atoms with Crippen molar-refractivity contribution in [1.29, 1.82) is 0 Å². The van der Waals surface area contributed by atoms with Gasteiger partial charge in [0.05, 0.1) is 0 Å². The van der Waals surface area contributed by atoms with Crippen LogP contribution in [-0.2, 0) is 14.8 Å². The van der Waals surface area contributed by atoms with Gasteiger partial charge in [-0.1, -0.05) is 18.2 Å². The molecule has 0 radical (unpaired) electrons. The number of aliphatic imine (C=N–C) groups is 1. The lowest BCUT2D eigenvalue weighted by Gasteiger charge is -2.12. The van der Waals surface area contributed by atoms with Gasteiger partial charge in [-0.15, -0.1) is 0 Å². The lowest BCUT2D eigenvalue weighted by Crippen LogP contribution is -2.40. The van der Waals surface area contributed by atoms with Crippen LogP contribution < -0.4 is 16.2 Å². The van der Waals surface area contributed by atoms with Gasteiger partial charge < -0.3 is 21.0 Å². The van der Waals surface area contributed by atoms with Crippen molar-refractivity contribution < 1.29 is 22.7 Å². The molecule has 9 nitrogen and oxygen atoms in total. The number of para-hydroxylation sites is 1. The van der Waals surface area contributed by atoms with E-state index in [0.29, 0.717) is 17.4 Å². The second-order valence-electron chi connectivity index (χ2n) is 5.06. The number of rotatable bonds is 8. The van der Waals surface area contributed by atoms with Crippen molar-refractivity contribution >= 4 is 32.9 Å². The molecule has 0 fully saturated rings. The monoisotopic (exact) mass is 354 g/mol. The van der Waals surface area contributed by atoms with Gasteiger partial charge >= 0.3 is 5.97 Å². The van der Waals surface area contributed by atoms with E-state index >= 15 is 0 Å². The molecule has 130 valence electrons. The summed E-state index contributed by atoms with van der Waals surface area (Å²) in [5, 5.41) is 9.46. The molecule has 1 heterocycles. The largest absolute Gasteiger partial charge is 0.480 e. The quantitative estimate of drug-likeness (QED) is 0.299. The van der Waals surface area contributed by atoms with E-state index in [-0.39, 0.29) is 24.0 Å². The minimum atomic E-state index is -4.10. The Bertz CT molecular complexity index is 822. The number of carboxylic acid groups (broad SMARTS) is 1. The molecule has 0 unspecified atom stereocenters. The number of guanidine groups is 1. The van der Waals surface area contributed by atoms with Gasteiger partial charge in [0.25, 0.3) is 10.0 Å². The minimum absolute atomic E-state index is 0.0333. The molecular weight excluding hydrogens is 336 g/mol. The third-order valence-electron chi connectivity index (χ3n) is 3.21. The van der Waals surface area contributed by atoms with Crippen LogP contribution in [0.25, 0.3) is 11.0 Å². The Morgan fingerprint density at radius 3 is 2.67 bits per heavy atom. The summed E-state index contributed by atoms with van der Waals surface area (Å²) in [5.41, 5.74) is 10.7. The molecule has 1 aromatic carbocycles. The topological polar surface area (TPSA) is 161 Å². The molecule has 0 aliphatic heterocycles. The van der Waals surface area contributed by atoms with Crippen molar-refractivity contribution in [1.82, 2.24) is 4.72 Å². The average molecular weight is 354 g/mol. The van der Waals surface area contributed by atoms with Crippen LogP contribution in [0.2, 0.25) is 0 Å². The van der Waals surface area contributed by atoms with Crippen LogP contribution in [0.15, 0.2) is 44.8 Å². The van der Waals surface area contributed by atoms with Crippen molar-refractivity contribution in [3.63, 3.8) is 0 Å². The lowest BCUT2D eigenvalue weighted by molar-refractivity contribution is -0.139. The Morgan fingerprint density at radius 2 is 2.04 bits per heavy atom. The predicted molar refractivity (Wildman–Crippen MR) is 87.9 cm³/mol. The Labute approximate surface area is 138 Å². The molecule has 0 saturated carbocycles. The summed E-state index contributed by atoms with van der Waals surface area (Å²) < 4.78 is 32.0. The van der Waals surface area contributed by atoms with Gasteiger partial charge in [0.15, 0.2) is 5.96 Å². The summed E-state index contributed by atoms with van der Waals surface area (Å²) >= 11 is 0. The van der Waals surface area contributed by atoms with Crippen molar-refractivity contribution in [2.75, 3.05) is 6.54 Å². The minimum Gasteiger partial charge on any atom is -0.480 e. The second kappa shape index (κ2) is 7.32. The fourth-order valence-electron chi connectivity index (χ4n) is 2.07. The number of furan rings is 1. The van der Waals surface area contributed by atoms with E-state index in [4.69, 9.17) is 15.9 Å². The zero-order valence-corrected chi connectivity index (χ0v) is 13.5. The molecule has 1 atom stereocenters.